The molecule has 1 aliphatic carbocycles. The van der Waals surface area contributed by atoms with E-state index in [0.29, 0.717) is 28.6 Å². The van der Waals surface area contributed by atoms with Gasteiger partial charge in [0.25, 0.3) is 5.91 Å². The van der Waals surface area contributed by atoms with Crippen molar-refractivity contribution in [1.82, 2.24) is 4.90 Å². The molecule has 0 N–H and O–H groups in total. The number of amides is 1. The van der Waals surface area contributed by atoms with Gasteiger partial charge in [-0.1, -0.05) is 53.4 Å². The minimum atomic E-state index is -0.0855. The van der Waals surface area contributed by atoms with Crippen LogP contribution in [0.1, 0.15) is 48.8 Å². The van der Waals surface area contributed by atoms with Crippen LogP contribution in [0, 0.1) is 11.3 Å². The Morgan fingerprint density at radius 3 is 2.71 bits per heavy atom. The van der Waals surface area contributed by atoms with Gasteiger partial charge < -0.3 is 4.74 Å². The summed E-state index contributed by atoms with van der Waals surface area (Å²) >= 11 is 8.95. The summed E-state index contributed by atoms with van der Waals surface area (Å²) in [7, 11) is 0. The molecule has 0 aromatic heterocycles. The highest BCUT2D eigenvalue weighted by molar-refractivity contribution is 9.10. The zero-order valence-corrected chi connectivity index (χ0v) is 19.4. The van der Waals surface area contributed by atoms with Gasteiger partial charge in [0.1, 0.15) is 18.1 Å². The lowest BCUT2D eigenvalue weighted by Crippen LogP contribution is -2.42. The first-order valence-electron chi connectivity index (χ1n) is 10.4. The van der Waals surface area contributed by atoms with Crippen LogP contribution in [-0.2, 0) is 17.8 Å². The van der Waals surface area contributed by atoms with E-state index in [4.69, 9.17) is 17.0 Å². The van der Waals surface area contributed by atoms with Crippen molar-refractivity contribution in [3.05, 3.63) is 63.6 Å². The molecular formula is C24H22BrN3O2S. The molecule has 0 atom stereocenters. The van der Waals surface area contributed by atoms with E-state index in [1.807, 2.05) is 36.4 Å². The lowest BCUT2D eigenvalue weighted by atomic mass is 9.94. The Morgan fingerprint density at radius 2 is 1.94 bits per heavy atom. The van der Waals surface area contributed by atoms with Crippen molar-refractivity contribution < 1.29 is 9.53 Å². The molecule has 0 saturated heterocycles. The molecule has 1 saturated carbocycles. The first-order valence-corrected chi connectivity index (χ1v) is 11.6. The van der Waals surface area contributed by atoms with Crippen LogP contribution in [0.25, 0.3) is 0 Å². The van der Waals surface area contributed by atoms with Gasteiger partial charge in [0.05, 0.1) is 11.6 Å². The second-order valence-electron chi connectivity index (χ2n) is 7.79. The highest BCUT2D eigenvalue weighted by Crippen LogP contribution is 2.29. The van der Waals surface area contributed by atoms with Crippen molar-refractivity contribution in [3.8, 4) is 11.8 Å². The maximum Gasteiger partial charge on any atom is 0.275 e. The third-order valence-electron chi connectivity index (χ3n) is 5.74. The molecule has 1 heterocycles. The fourth-order valence-corrected chi connectivity index (χ4v) is 4.89. The van der Waals surface area contributed by atoms with Crippen LogP contribution in [0.3, 0.4) is 0 Å². The zero-order chi connectivity index (χ0) is 21.8. The quantitative estimate of drug-likeness (QED) is 0.507. The molecule has 4 rings (SSSR count). The van der Waals surface area contributed by atoms with E-state index < -0.39 is 0 Å². The van der Waals surface area contributed by atoms with Crippen molar-refractivity contribution in [2.24, 2.45) is 4.99 Å². The molecule has 31 heavy (non-hydrogen) atoms. The van der Waals surface area contributed by atoms with Crippen molar-refractivity contribution >= 4 is 44.9 Å². The van der Waals surface area contributed by atoms with Crippen LogP contribution >= 0.6 is 28.1 Å². The van der Waals surface area contributed by atoms with E-state index in [9.17, 15) is 10.1 Å². The molecule has 1 aliphatic heterocycles. The summed E-state index contributed by atoms with van der Waals surface area (Å²) in [4.78, 5) is 19.3. The van der Waals surface area contributed by atoms with Gasteiger partial charge >= 0.3 is 0 Å². The third-order valence-corrected chi connectivity index (χ3v) is 6.52. The summed E-state index contributed by atoms with van der Waals surface area (Å²) in [6.07, 6.45) is 5.78. The molecule has 158 valence electrons. The van der Waals surface area contributed by atoms with Crippen molar-refractivity contribution in [2.75, 3.05) is 0 Å². The number of halogens is 1. The molecule has 0 unspecified atom stereocenters. The molecule has 1 fully saturated rings. The molecule has 5 nitrogen and oxygen atoms in total. The van der Waals surface area contributed by atoms with E-state index in [1.54, 1.807) is 11.0 Å². The van der Waals surface area contributed by atoms with Gasteiger partial charge in [-0.3, -0.25) is 9.69 Å². The summed E-state index contributed by atoms with van der Waals surface area (Å²) in [6, 6.07) is 15.4. The molecule has 1 amide bonds. The molecule has 2 aromatic rings. The third kappa shape index (κ3) is 4.86. The first kappa shape index (κ1) is 21.7. The van der Waals surface area contributed by atoms with Crippen molar-refractivity contribution in [3.63, 3.8) is 0 Å². The number of carbonyl (C=O) groups excluding carboxylic acids is 1. The highest BCUT2D eigenvalue weighted by Gasteiger charge is 2.36. The molecule has 0 bridgehead atoms. The predicted molar refractivity (Wildman–Crippen MR) is 127 cm³/mol. The minimum Gasteiger partial charge on any atom is -0.489 e. The Bertz CT molecular complexity index is 1090. The fraction of sp³-hybridized carbons (Fsp3) is 0.333. The summed E-state index contributed by atoms with van der Waals surface area (Å²) in [5.41, 5.74) is 2.71. The van der Waals surface area contributed by atoms with Crippen molar-refractivity contribution in [1.29, 1.82) is 5.26 Å². The van der Waals surface area contributed by atoms with Crippen LogP contribution in [-0.4, -0.2) is 27.7 Å². The van der Waals surface area contributed by atoms with E-state index in [1.165, 1.54) is 6.42 Å². The zero-order valence-electron chi connectivity index (χ0n) is 17.0. The maximum atomic E-state index is 13.1. The molecular weight excluding hydrogens is 474 g/mol. The molecule has 7 heteroatoms. The number of nitrogens with zero attached hydrogens (tertiary/aromatic N) is 3. The van der Waals surface area contributed by atoms with Gasteiger partial charge in [-0.15, -0.1) is 0 Å². The molecule has 2 aromatic carbocycles. The van der Waals surface area contributed by atoms with Crippen LogP contribution in [0.5, 0.6) is 5.75 Å². The number of ether oxygens (including phenoxy) is 1. The van der Waals surface area contributed by atoms with Crippen LogP contribution in [0.15, 0.2) is 51.9 Å². The maximum absolute atomic E-state index is 13.1. The lowest BCUT2D eigenvalue weighted by molar-refractivity contribution is -0.122. The SMILES string of the molecule is N#Cc1ccccc1COc1ccc(Br)cc1CC1=NC(=S)N(C2CCCCC2)C1=O. The molecule has 0 radical (unpaired) electrons. The number of hydrogen-bond acceptors (Lipinski definition) is 4. The Balaban J connectivity index is 1.51. The van der Waals surface area contributed by atoms with E-state index >= 15 is 0 Å². The lowest BCUT2D eigenvalue weighted by Gasteiger charge is -2.30. The van der Waals surface area contributed by atoms with Gasteiger partial charge in [-0.25, -0.2) is 4.99 Å². The minimum absolute atomic E-state index is 0.0855. The Kier molecular flexibility index (Phi) is 6.79. The number of benzene rings is 2. The van der Waals surface area contributed by atoms with Crippen LogP contribution in [0.2, 0.25) is 0 Å². The summed E-state index contributed by atoms with van der Waals surface area (Å²) < 4.78 is 6.95. The smallest absolute Gasteiger partial charge is 0.275 e. The monoisotopic (exact) mass is 495 g/mol. The van der Waals surface area contributed by atoms with E-state index in [0.717, 1.165) is 41.3 Å². The van der Waals surface area contributed by atoms with Crippen LogP contribution < -0.4 is 4.74 Å². The summed E-state index contributed by atoms with van der Waals surface area (Å²) in [5.74, 6) is 0.575. The fourth-order valence-electron chi connectivity index (χ4n) is 4.14. The predicted octanol–water partition coefficient (Wildman–Crippen LogP) is 5.34. The largest absolute Gasteiger partial charge is 0.489 e. The van der Waals surface area contributed by atoms with Crippen LogP contribution in [0.4, 0.5) is 0 Å². The number of rotatable bonds is 6. The van der Waals surface area contributed by atoms with Gasteiger partial charge in [-0.05, 0) is 49.3 Å². The number of carbonyl (C=O) groups is 1. The second-order valence-corrected chi connectivity index (χ2v) is 9.08. The summed E-state index contributed by atoms with van der Waals surface area (Å²) in [5, 5.41) is 9.68. The van der Waals surface area contributed by atoms with E-state index in [2.05, 4.69) is 27.0 Å². The average molecular weight is 496 g/mol. The van der Waals surface area contributed by atoms with Gasteiger partial charge in [-0.2, -0.15) is 5.26 Å². The molecule has 0 spiro atoms. The first-order chi connectivity index (χ1) is 15.1. The van der Waals surface area contributed by atoms with Gasteiger partial charge in [0.15, 0.2) is 0 Å². The number of thiocarbonyl (C=S) groups is 1. The van der Waals surface area contributed by atoms with Crippen molar-refractivity contribution in [2.45, 2.75) is 51.2 Å². The number of aliphatic imine (C=N–C) groups is 1. The number of nitriles is 1. The molecule has 2 aliphatic rings. The Labute approximate surface area is 195 Å². The highest BCUT2D eigenvalue weighted by atomic mass is 79.9. The Hall–Kier alpha value is -2.56. The number of hydrogen-bond donors (Lipinski definition) is 0. The average Bonchev–Trinajstić information content (AvgIpc) is 3.06. The topological polar surface area (TPSA) is 65.7 Å². The standard InChI is InChI=1S/C24H22BrN3O2S/c25-19-10-11-22(30-15-17-7-5-4-6-16(17)14-26)18(12-19)13-21-23(29)28(24(31)27-21)20-8-2-1-3-9-20/h4-7,10-12,20H,1-3,8-9,13,15H2. The van der Waals surface area contributed by atoms with Gasteiger partial charge in [0.2, 0.25) is 5.11 Å². The second kappa shape index (κ2) is 9.71. The normalized spacial score (nSPS) is 16.9. The van der Waals surface area contributed by atoms with Gasteiger partial charge in [0, 0.05) is 28.1 Å². The Morgan fingerprint density at radius 1 is 1.16 bits per heavy atom. The van der Waals surface area contributed by atoms with E-state index in [-0.39, 0.29) is 18.6 Å². The summed E-state index contributed by atoms with van der Waals surface area (Å²) in [6.45, 7) is 0.269.